The average molecular weight is 583 g/mol. The summed E-state index contributed by atoms with van der Waals surface area (Å²) >= 11 is 0. The van der Waals surface area contributed by atoms with Crippen LogP contribution in [0.2, 0.25) is 0 Å². The van der Waals surface area contributed by atoms with Gasteiger partial charge in [-0.3, -0.25) is 4.79 Å². The predicted molar refractivity (Wildman–Crippen MR) is 159 cm³/mol. The van der Waals surface area contributed by atoms with E-state index < -0.39 is 54.0 Å². The molecule has 2 aromatic carbocycles. The Balaban J connectivity index is 1.93. The Morgan fingerprint density at radius 2 is 1.55 bits per heavy atom. The van der Waals surface area contributed by atoms with Gasteiger partial charge in [0.25, 0.3) is 0 Å². The summed E-state index contributed by atoms with van der Waals surface area (Å²) in [7, 11) is 0.506. The number of rotatable bonds is 10. The van der Waals surface area contributed by atoms with Crippen molar-refractivity contribution < 1.29 is 37.9 Å². The molecule has 42 heavy (non-hydrogen) atoms. The van der Waals surface area contributed by atoms with E-state index in [0.29, 0.717) is 23.4 Å². The average Bonchev–Trinajstić information content (AvgIpc) is 3.12. The van der Waals surface area contributed by atoms with Crippen molar-refractivity contribution >= 4 is 30.6 Å². The highest BCUT2D eigenvalue weighted by Gasteiger charge is 2.52. The molecule has 1 aliphatic rings. The largest absolute Gasteiger partial charge is 0.498 e. The third-order valence-electron chi connectivity index (χ3n) is 7.18. The number of nitrogens with one attached hydrogen (secondary N) is 2. The van der Waals surface area contributed by atoms with Crippen LogP contribution < -0.4 is 20.8 Å². The molecule has 11 heteroatoms. The first-order valence-electron chi connectivity index (χ1n) is 14.0. The van der Waals surface area contributed by atoms with E-state index in [1.807, 2.05) is 70.2 Å². The summed E-state index contributed by atoms with van der Waals surface area (Å²) in [6.07, 6.45) is -0.674. The Kier molecular flexibility index (Phi) is 10.3. The van der Waals surface area contributed by atoms with Gasteiger partial charge in [0.15, 0.2) is 0 Å². The standard InChI is InChI=1S/C31H43BN2O8/c1-20(27(36)38-9)33-26(35)24(34-28(37)40-29(2,3)4)18-22-15-16-25(39-19-21-13-11-10-12-14-21)23(17-22)32-41-30(5,6)31(7,8)42-32/h10-17,20,24H,18-19H2,1-9H3,(H,33,35)(H,34,37)/t20-,24-/m0/s1. The van der Waals surface area contributed by atoms with E-state index in [9.17, 15) is 14.4 Å². The van der Waals surface area contributed by atoms with Crippen molar-refractivity contribution in [3.05, 3.63) is 59.7 Å². The van der Waals surface area contributed by atoms with E-state index in [2.05, 4.69) is 10.6 Å². The van der Waals surface area contributed by atoms with Gasteiger partial charge in [0.05, 0.1) is 18.3 Å². The second-order valence-corrected chi connectivity index (χ2v) is 12.4. The maximum Gasteiger partial charge on any atom is 0.498 e. The molecule has 2 atom stereocenters. The molecule has 1 saturated heterocycles. The van der Waals surface area contributed by atoms with Gasteiger partial charge in [-0.25, -0.2) is 9.59 Å². The van der Waals surface area contributed by atoms with Gasteiger partial charge >= 0.3 is 19.2 Å². The van der Waals surface area contributed by atoms with Crippen molar-refractivity contribution in [1.29, 1.82) is 0 Å². The monoisotopic (exact) mass is 582 g/mol. The summed E-state index contributed by atoms with van der Waals surface area (Å²) < 4.78 is 29.0. The molecular formula is C31H43BN2O8. The number of hydrogen-bond acceptors (Lipinski definition) is 8. The van der Waals surface area contributed by atoms with Crippen LogP contribution in [0.3, 0.4) is 0 Å². The molecule has 0 spiro atoms. The van der Waals surface area contributed by atoms with E-state index >= 15 is 0 Å². The Labute approximate surface area is 248 Å². The Morgan fingerprint density at radius 3 is 2.12 bits per heavy atom. The fourth-order valence-electron chi connectivity index (χ4n) is 4.19. The van der Waals surface area contributed by atoms with Crippen LogP contribution in [0.4, 0.5) is 4.79 Å². The first-order valence-corrected chi connectivity index (χ1v) is 14.0. The number of hydrogen-bond donors (Lipinski definition) is 2. The van der Waals surface area contributed by atoms with Crippen molar-refractivity contribution in [3.8, 4) is 5.75 Å². The molecule has 2 N–H and O–H groups in total. The van der Waals surface area contributed by atoms with Crippen molar-refractivity contribution in [2.24, 2.45) is 0 Å². The molecule has 3 rings (SSSR count). The number of carbonyl (C=O) groups is 3. The molecule has 1 fully saturated rings. The molecule has 10 nitrogen and oxygen atoms in total. The number of esters is 1. The smallest absolute Gasteiger partial charge is 0.489 e. The fraction of sp³-hybridized carbons (Fsp3) is 0.516. The van der Waals surface area contributed by atoms with Crippen LogP contribution >= 0.6 is 0 Å². The van der Waals surface area contributed by atoms with Crippen molar-refractivity contribution in [2.75, 3.05) is 7.11 Å². The number of methoxy groups -OCH3 is 1. The summed E-state index contributed by atoms with van der Waals surface area (Å²) in [4.78, 5) is 37.9. The summed E-state index contributed by atoms with van der Waals surface area (Å²) in [6.45, 7) is 14.9. The zero-order valence-electron chi connectivity index (χ0n) is 26.0. The molecule has 0 aliphatic carbocycles. The predicted octanol–water partition coefficient (Wildman–Crippen LogP) is 3.68. The van der Waals surface area contributed by atoms with Crippen LogP contribution in [-0.2, 0) is 41.4 Å². The molecule has 1 heterocycles. The molecule has 0 aromatic heterocycles. The highest BCUT2D eigenvalue weighted by molar-refractivity contribution is 6.63. The minimum Gasteiger partial charge on any atom is -0.489 e. The van der Waals surface area contributed by atoms with Gasteiger partial charge in [0.1, 0.15) is 30.0 Å². The van der Waals surface area contributed by atoms with Crippen molar-refractivity contribution in [2.45, 2.75) is 97.3 Å². The van der Waals surface area contributed by atoms with E-state index in [-0.39, 0.29) is 6.42 Å². The summed E-state index contributed by atoms with van der Waals surface area (Å²) in [5, 5.41) is 5.24. The quantitative estimate of drug-likeness (QED) is 0.322. The number of benzene rings is 2. The summed E-state index contributed by atoms with van der Waals surface area (Å²) in [5.74, 6) is -0.607. The molecule has 2 amide bonds. The summed E-state index contributed by atoms with van der Waals surface area (Å²) in [6, 6.07) is 13.3. The Morgan fingerprint density at radius 1 is 0.929 bits per heavy atom. The lowest BCUT2D eigenvalue weighted by Crippen LogP contribution is -2.52. The molecule has 0 saturated carbocycles. The lowest BCUT2D eigenvalue weighted by atomic mass is 9.77. The highest BCUT2D eigenvalue weighted by Crippen LogP contribution is 2.37. The van der Waals surface area contributed by atoms with Crippen LogP contribution in [0.5, 0.6) is 5.75 Å². The molecule has 0 unspecified atom stereocenters. The van der Waals surface area contributed by atoms with Crippen LogP contribution in [0.25, 0.3) is 0 Å². The molecule has 0 bridgehead atoms. The van der Waals surface area contributed by atoms with Gasteiger partial charge in [-0.2, -0.15) is 0 Å². The van der Waals surface area contributed by atoms with Crippen LogP contribution in [-0.4, -0.2) is 61.1 Å². The van der Waals surface area contributed by atoms with E-state index in [1.165, 1.54) is 14.0 Å². The second kappa shape index (κ2) is 13.2. The van der Waals surface area contributed by atoms with Crippen LogP contribution in [0.15, 0.2) is 48.5 Å². The van der Waals surface area contributed by atoms with E-state index in [4.69, 9.17) is 23.5 Å². The first kappa shape index (κ1) is 32.9. The summed E-state index contributed by atoms with van der Waals surface area (Å²) in [5.41, 5.74) is 0.408. The van der Waals surface area contributed by atoms with Gasteiger partial charge in [0, 0.05) is 11.9 Å². The molecule has 1 aliphatic heterocycles. The number of amides is 2. The van der Waals surface area contributed by atoms with Crippen molar-refractivity contribution in [3.63, 3.8) is 0 Å². The maximum absolute atomic E-state index is 13.3. The highest BCUT2D eigenvalue weighted by atomic mass is 16.7. The van der Waals surface area contributed by atoms with Gasteiger partial charge in [-0.15, -0.1) is 0 Å². The van der Waals surface area contributed by atoms with Gasteiger partial charge < -0.3 is 34.2 Å². The zero-order chi connectivity index (χ0) is 31.3. The third kappa shape index (κ3) is 8.72. The lowest BCUT2D eigenvalue weighted by molar-refractivity contribution is -0.144. The SMILES string of the molecule is COC(=O)[C@H](C)NC(=O)[C@H](Cc1ccc(OCc2ccccc2)c(B2OC(C)(C)C(C)(C)O2)c1)NC(=O)OC(C)(C)C. The normalized spacial score (nSPS) is 17.1. The van der Waals surface area contributed by atoms with Gasteiger partial charge in [-0.05, 0) is 72.6 Å². The fourth-order valence-corrected chi connectivity index (χ4v) is 4.19. The minimum absolute atomic E-state index is 0.0877. The number of carbonyl (C=O) groups excluding carboxylic acids is 3. The minimum atomic E-state index is -1.06. The maximum atomic E-state index is 13.3. The lowest BCUT2D eigenvalue weighted by Gasteiger charge is -2.32. The van der Waals surface area contributed by atoms with Gasteiger partial charge in [0.2, 0.25) is 5.91 Å². The zero-order valence-corrected chi connectivity index (χ0v) is 26.0. The number of alkyl carbamates (subject to hydrolysis) is 1. The van der Waals surface area contributed by atoms with Crippen LogP contribution in [0, 0.1) is 0 Å². The van der Waals surface area contributed by atoms with E-state index in [0.717, 1.165) is 5.56 Å². The number of ether oxygens (including phenoxy) is 3. The first-order chi connectivity index (χ1) is 19.5. The topological polar surface area (TPSA) is 121 Å². The Bertz CT molecular complexity index is 1240. The molecule has 228 valence electrons. The molecule has 0 radical (unpaired) electrons. The Hall–Kier alpha value is -3.57. The van der Waals surface area contributed by atoms with Gasteiger partial charge in [-0.1, -0.05) is 42.5 Å². The molecular weight excluding hydrogens is 539 g/mol. The third-order valence-corrected chi connectivity index (χ3v) is 7.18. The van der Waals surface area contributed by atoms with E-state index in [1.54, 1.807) is 26.8 Å². The van der Waals surface area contributed by atoms with Crippen molar-refractivity contribution in [1.82, 2.24) is 10.6 Å². The molecule has 2 aromatic rings. The second-order valence-electron chi connectivity index (χ2n) is 12.4. The van der Waals surface area contributed by atoms with Crippen LogP contribution in [0.1, 0.15) is 66.5 Å².